The van der Waals surface area contributed by atoms with Crippen molar-refractivity contribution < 1.29 is 19.1 Å². The maximum absolute atomic E-state index is 12.5. The van der Waals surface area contributed by atoms with Crippen LogP contribution >= 0.6 is 0 Å². The molecule has 2 heterocycles. The van der Waals surface area contributed by atoms with Crippen molar-refractivity contribution in [3.05, 3.63) is 47.3 Å². The van der Waals surface area contributed by atoms with Crippen molar-refractivity contribution in [3.63, 3.8) is 0 Å². The molecule has 1 aromatic heterocycles. The summed E-state index contributed by atoms with van der Waals surface area (Å²) in [5.41, 5.74) is 3.83. The van der Waals surface area contributed by atoms with Crippen LogP contribution in [0, 0.1) is 25.7 Å². The van der Waals surface area contributed by atoms with Gasteiger partial charge in [-0.1, -0.05) is 25.0 Å². The number of fused-ring (bicyclic) bond motifs is 1. The molecule has 1 saturated carbocycles. The zero-order valence-electron chi connectivity index (χ0n) is 17.5. The zero-order valence-corrected chi connectivity index (χ0v) is 17.5. The van der Waals surface area contributed by atoms with Gasteiger partial charge in [-0.15, -0.1) is 0 Å². The first-order valence-electron chi connectivity index (χ1n) is 10.6. The molecule has 7 nitrogen and oxygen atoms in total. The van der Waals surface area contributed by atoms with Crippen molar-refractivity contribution in [2.24, 2.45) is 11.8 Å². The molecule has 0 bridgehead atoms. The normalized spacial score (nSPS) is 21.1. The molecule has 7 heteroatoms. The third-order valence-corrected chi connectivity index (χ3v) is 6.06. The lowest BCUT2D eigenvalue weighted by Crippen LogP contribution is -2.33. The summed E-state index contributed by atoms with van der Waals surface area (Å²) in [7, 11) is 0. The lowest BCUT2D eigenvalue weighted by Gasteiger charge is -2.19. The molecule has 2 aromatic rings. The van der Waals surface area contributed by atoms with Crippen LogP contribution in [-0.2, 0) is 25.7 Å². The first-order valence-corrected chi connectivity index (χ1v) is 10.6. The Hall–Kier alpha value is -2.96. The molecule has 4 rings (SSSR count). The summed E-state index contributed by atoms with van der Waals surface area (Å²) in [6.45, 7) is 4.22. The van der Waals surface area contributed by atoms with Gasteiger partial charge < -0.3 is 4.74 Å². The maximum Gasteiger partial charge on any atom is 0.307 e. The van der Waals surface area contributed by atoms with Crippen LogP contribution in [0.15, 0.2) is 30.3 Å². The van der Waals surface area contributed by atoms with E-state index >= 15 is 0 Å². The number of esters is 1. The number of nitrogens with zero attached hydrogens (tertiary/aromatic N) is 3. The van der Waals surface area contributed by atoms with Crippen molar-refractivity contribution >= 4 is 17.8 Å². The average molecular weight is 409 g/mol. The molecule has 2 fully saturated rings. The Morgan fingerprint density at radius 3 is 2.27 bits per heavy atom. The zero-order chi connectivity index (χ0) is 21.3. The van der Waals surface area contributed by atoms with E-state index in [0.29, 0.717) is 0 Å². The SMILES string of the molecule is Cc1cc(C)n(-c2ccc(COC(=O)CCN3C(=O)C4CCCCC4C3=O)cc2)n1. The van der Waals surface area contributed by atoms with Gasteiger partial charge in [-0.25, -0.2) is 4.68 Å². The summed E-state index contributed by atoms with van der Waals surface area (Å²) < 4.78 is 7.21. The molecule has 0 radical (unpaired) electrons. The van der Waals surface area contributed by atoms with E-state index in [2.05, 4.69) is 5.10 Å². The molecule has 2 aliphatic rings. The molecule has 0 spiro atoms. The number of aryl methyl sites for hydroxylation is 2. The van der Waals surface area contributed by atoms with Crippen molar-refractivity contribution in [3.8, 4) is 5.69 Å². The smallest absolute Gasteiger partial charge is 0.307 e. The monoisotopic (exact) mass is 409 g/mol. The van der Waals surface area contributed by atoms with E-state index in [0.717, 1.165) is 48.3 Å². The highest BCUT2D eigenvalue weighted by atomic mass is 16.5. The lowest BCUT2D eigenvalue weighted by molar-refractivity contribution is -0.146. The van der Waals surface area contributed by atoms with E-state index in [4.69, 9.17) is 4.74 Å². The van der Waals surface area contributed by atoms with E-state index in [-0.39, 0.29) is 43.2 Å². The van der Waals surface area contributed by atoms with Crippen molar-refractivity contribution in [1.82, 2.24) is 14.7 Å². The van der Waals surface area contributed by atoms with Crippen LogP contribution in [0.25, 0.3) is 5.69 Å². The Kier molecular flexibility index (Phi) is 5.70. The number of hydrogen-bond acceptors (Lipinski definition) is 5. The molecule has 0 N–H and O–H groups in total. The molecule has 2 unspecified atom stereocenters. The van der Waals surface area contributed by atoms with Crippen molar-refractivity contribution in [2.45, 2.75) is 52.6 Å². The topological polar surface area (TPSA) is 81.5 Å². The van der Waals surface area contributed by atoms with E-state index in [1.807, 2.05) is 48.9 Å². The van der Waals surface area contributed by atoms with Gasteiger partial charge in [-0.05, 0) is 50.5 Å². The maximum atomic E-state index is 12.5. The fraction of sp³-hybridized carbons (Fsp3) is 0.478. The number of aromatic nitrogens is 2. The largest absolute Gasteiger partial charge is 0.461 e. The van der Waals surface area contributed by atoms with Crippen LogP contribution in [0.4, 0.5) is 0 Å². The van der Waals surface area contributed by atoms with Crippen molar-refractivity contribution in [2.75, 3.05) is 6.54 Å². The second-order valence-corrected chi connectivity index (χ2v) is 8.24. The fourth-order valence-electron chi connectivity index (χ4n) is 4.51. The molecule has 30 heavy (non-hydrogen) atoms. The van der Waals surface area contributed by atoms with Gasteiger partial charge in [0.1, 0.15) is 6.61 Å². The third kappa shape index (κ3) is 4.01. The molecular formula is C23H27N3O4. The van der Waals surface area contributed by atoms with Crippen LogP contribution in [0.1, 0.15) is 49.1 Å². The average Bonchev–Trinajstić information content (AvgIpc) is 3.21. The van der Waals surface area contributed by atoms with Gasteiger partial charge in [0, 0.05) is 12.2 Å². The summed E-state index contributed by atoms with van der Waals surface area (Å²) in [5.74, 6) is -0.992. The molecule has 1 saturated heterocycles. The highest BCUT2D eigenvalue weighted by Gasteiger charge is 2.47. The Morgan fingerprint density at radius 1 is 1.07 bits per heavy atom. The molecule has 158 valence electrons. The molecular weight excluding hydrogens is 382 g/mol. The van der Waals surface area contributed by atoms with E-state index in [9.17, 15) is 14.4 Å². The molecule has 1 aliphatic heterocycles. The quantitative estimate of drug-likeness (QED) is 0.541. The van der Waals surface area contributed by atoms with Crippen LogP contribution in [0.3, 0.4) is 0 Å². The standard InChI is InChI=1S/C23H27N3O4/c1-15-13-16(2)26(24-15)18-9-7-17(8-10-18)14-30-21(27)11-12-25-22(28)19-5-3-4-6-20(19)23(25)29/h7-10,13,19-20H,3-6,11-12,14H2,1-2H3. The Morgan fingerprint density at radius 2 is 1.70 bits per heavy atom. The first kappa shape index (κ1) is 20.3. The highest BCUT2D eigenvalue weighted by Crippen LogP contribution is 2.37. The molecule has 1 aromatic carbocycles. The molecule has 2 atom stereocenters. The third-order valence-electron chi connectivity index (χ3n) is 6.06. The minimum atomic E-state index is -0.409. The summed E-state index contributed by atoms with van der Waals surface area (Å²) in [4.78, 5) is 38.3. The summed E-state index contributed by atoms with van der Waals surface area (Å²) in [5, 5.41) is 4.46. The number of benzene rings is 1. The van der Waals surface area contributed by atoms with Crippen LogP contribution in [0.5, 0.6) is 0 Å². The van der Waals surface area contributed by atoms with Gasteiger partial charge in [0.15, 0.2) is 0 Å². The summed E-state index contributed by atoms with van der Waals surface area (Å²) in [6, 6.07) is 9.69. The van der Waals surface area contributed by atoms with Crippen LogP contribution in [0.2, 0.25) is 0 Å². The Labute approximate surface area is 176 Å². The van der Waals surface area contributed by atoms with E-state index in [1.165, 1.54) is 4.90 Å². The van der Waals surface area contributed by atoms with Gasteiger partial charge in [-0.3, -0.25) is 19.3 Å². The van der Waals surface area contributed by atoms with Gasteiger partial charge in [0.2, 0.25) is 11.8 Å². The summed E-state index contributed by atoms with van der Waals surface area (Å²) >= 11 is 0. The number of ether oxygens (including phenoxy) is 1. The Balaban J connectivity index is 1.27. The first-order chi connectivity index (χ1) is 14.4. The molecule has 2 amide bonds. The second kappa shape index (κ2) is 8.42. The summed E-state index contributed by atoms with van der Waals surface area (Å²) in [6.07, 6.45) is 3.58. The van der Waals surface area contributed by atoms with Crippen molar-refractivity contribution in [1.29, 1.82) is 0 Å². The minimum Gasteiger partial charge on any atom is -0.461 e. The van der Waals surface area contributed by atoms with E-state index < -0.39 is 5.97 Å². The highest BCUT2D eigenvalue weighted by molar-refractivity contribution is 6.05. The van der Waals surface area contributed by atoms with Gasteiger partial charge in [0.05, 0.1) is 29.6 Å². The number of carbonyl (C=O) groups excluding carboxylic acids is 3. The number of rotatable bonds is 6. The van der Waals surface area contributed by atoms with Gasteiger partial charge in [0.25, 0.3) is 0 Å². The molecule has 1 aliphatic carbocycles. The van der Waals surface area contributed by atoms with Gasteiger partial charge >= 0.3 is 5.97 Å². The number of carbonyl (C=O) groups is 3. The number of amides is 2. The lowest BCUT2D eigenvalue weighted by atomic mass is 9.81. The van der Waals surface area contributed by atoms with E-state index in [1.54, 1.807) is 0 Å². The minimum absolute atomic E-state index is 0.0285. The van der Waals surface area contributed by atoms with Crippen LogP contribution < -0.4 is 0 Å². The predicted molar refractivity (Wildman–Crippen MR) is 110 cm³/mol. The number of likely N-dealkylation sites (tertiary alicyclic amines) is 1. The number of imide groups is 1. The Bertz CT molecular complexity index is 939. The number of hydrogen-bond donors (Lipinski definition) is 0. The fourth-order valence-corrected chi connectivity index (χ4v) is 4.51. The van der Waals surface area contributed by atoms with Crippen LogP contribution in [-0.4, -0.2) is 39.0 Å². The van der Waals surface area contributed by atoms with Gasteiger partial charge in [-0.2, -0.15) is 5.10 Å². The predicted octanol–water partition coefficient (Wildman–Crippen LogP) is 3.10. The second-order valence-electron chi connectivity index (χ2n) is 8.24.